The van der Waals surface area contributed by atoms with E-state index < -0.39 is 0 Å². The lowest BCUT2D eigenvalue weighted by molar-refractivity contribution is 0.189. The Kier molecular flexibility index (Phi) is 5.26. The predicted molar refractivity (Wildman–Crippen MR) is 71.8 cm³/mol. The third-order valence-electron chi connectivity index (χ3n) is 3.42. The van der Waals surface area contributed by atoms with Crippen LogP contribution in [0, 0.1) is 11.3 Å². The Bertz CT molecular complexity index is 195. The molecule has 1 fully saturated rings. The number of nitrogens with one attached hydrogen (secondary N) is 1. The van der Waals surface area contributed by atoms with E-state index in [0.717, 1.165) is 18.5 Å². The van der Waals surface area contributed by atoms with Crippen molar-refractivity contribution in [1.29, 1.82) is 0 Å². The summed E-state index contributed by atoms with van der Waals surface area (Å²) < 4.78 is 0. The zero-order chi connectivity index (χ0) is 12.2. The van der Waals surface area contributed by atoms with Crippen LogP contribution in [0.5, 0.6) is 0 Å². The van der Waals surface area contributed by atoms with Gasteiger partial charge in [0.05, 0.1) is 0 Å². The molecule has 0 heterocycles. The lowest BCUT2D eigenvalue weighted by Gasteiger charge is -2.30. The van der Waals surface area contributed by atoms with Crippen molar-refractivity contribution < 1.29 is 0 Å². The van der Waals surface area contributed by atoms with Crippen LogP contribution in [0.3, 0.4) is 0 Å². The minimum atomic E-state index is 0.418. The lowest BCUT2D eigenvalue weighted by Crippen LogP contribution is -2.40. The van der Waals surface area contributed by atoms with Gasteiger partial charge < -0.3 is 10.2 Å². The van der Waals surface area contributed by atoms with Gasteiger partial charge in [0.15, 0.2) is 0 Å². The molecule has 16 heavy (non-hydrogen) atoms. The maximum absolute atomic E-state index is 3.64. The summed E-state index contributed by atoms with van der Waals surface area (Å²) in [5.74, 6) is 0.868. The van der Waals surface area contributed by atoms with Crippen LogP contribution in [0.4, 0.5) is 0 Å². The van der Waals surface area contributed by atoms with Crippen molar-refractivity contribution in [2.24, 2.45) is 11.3 Å². The highest BCUT2D eigenvalue weighted by Gasteiger charge is 2.28. The molecule has 0 aromatic heterocycles. The third-order valence-corrected chi connectivity index (χ3v) is 3.42. The van der Waals surface area contributed by atoms with Crippen molar-refractivity contribution in [2.75, 3.05) is 26.7 Å². The Balaban J connectivity index is 2.35. The zero-order valence-corrected chi connectivity index (χ0v) is 11.8. The molecule has 0 aromatic carbocycles. The van der Waals surface area contributed by atoms with Crippen LogP contribution in [0.25, 0.3) is 0 Å². The van der Waals surface area contributed by atoms with Gasteiger partial charge in [-0.2, -0.15) is 0 Å². The second kappa shape index (κ2) is 6.02. The van der Waals surface area contributed by atoms with Gasteiger partial charge in [-0.3, -0.25) is 0 Å². The molecule has 0 radical (unpaired) electrons. The molecule has 0 bridgehead atoms. The Morgan fingerprint density at radius 1 is 1.25 bits per heavy atom. The summed E-state index contributed by atoms with van der Waals surface area (Å²) >= 11 is 0. The van der Waals surface area contributed by atoms with E-state index >= 15 is 0 Å². The quantitative estimate of drug-likeness (QED) is 0.775. The first-order chi connectivity index (χ1) is 7.42. The van der Waals surface area contributed by atoms with Crippen molar-refractivity contribution in [3.63, 3.8) is 0 Å². The molecule has 1 rings (SSSR count). The molecule has 1 saturated carbocycles. The van der Waals surface area contributed by atoms with Gasteiger partial charge in [0.25, 0.3) is 0 Å². The first-order valence-electron chi connectivity index (χ1n) is 6.84. The van der Waals surface area contributed by atoms with E-state index in [1.54, 1.807) is 0 Å². The van der Waals surface area contributed by atoms with E-state index in [0.29, 0.717) is 5.41 Å². The van der Waals surface area contributed by atoms with E-state index in [1.165, 1.54) is 32.4 Å². The molecule has 2 heteroatoms. The van der Waals surface area contributed by atoms with Gasteiger partial charge in [-0.15, -0.1) is 0 Å². The second-order valence-electron chi connectivity index (χ2n) is 6.61. The summed E-state index contributed by atoms with van der Waals surface area (Å²) in [5.41, 5.74) is 0.418. The topological polar surface area (TPSA) is 15.3 Å². The maximum Gasteiger partial charge on any atom is 0.0107 e. The Labute approximate surface area is 102 Å². The van der Waals surface area contributed by atoms with Gasteiger partial charge in [-0.1, -0.05) is 34.1 Å². The molecule has 1 N–H and O–H groups in total. The average Bonchev–Trinajstić information content (AvgIpc) is 2.50. The van der Waals surface area contributed by atoms with Gasteiger partial charge in [-0.05, 0) is 37.8 Å². The molecule has 2 nitrogen and oxygen atoms in total. The van der Waals surface area contributed by atoms with Crippen LogP contribution in [0.2, 0.25) is 0 Å². The largest absolute Gasteiger partial charge is 0.314 e. The van der Waals surface area contributed by atoms with E-state index in [-0.39, 0.29) is 0 Å². The summed E-state index contributed by atoms with van der Waals surface area (Å²) in [6.07, 6.45) is 4.19. The molecule has 0 amide bonds. The molecule has 1 aliphatic rings. The minimum absolute atomic E-state index is 0.418. The van der Waals surface area contributed by atoms with Crippen molar-refractivity contribution in [3.8, 4) is 0 Å². The fourth-order valence-electron chi connectivity index (χ4n) is 3.06. The first-order valence-corrected chi connectivity index (χ1v) is 6.84. The number of hydrogen-bond donors (Lipinski definition) is 1. The zero-order valence-electron chi connectivity index (χ0n) is 11.8. The van der Waals surface area contributed by atoms with Crippen LogP contribution >= 0.6 is 0 Å². The Morgan fingerprint density at radius 2 is 1.94 bits per heavy atom. The lowest BCUT2D eigenvalue weighted by atomic mass is 9.95. The van der Waals surface area contributed by atoms with Crippen LogP contribution in [-0.2, 0) is 0 Å². The summed E-state index contributed by atoms with van der Waals surface area (Å²) in [7, 11) is 2.27. The monoisotopic (exact) mass is 226 g/mol. The maximum atomic E-state index is 3.64. The molecule has 2 unspecified atom stereocenters. The van der Waals surface area contributed by atoms with Gasteiger partial charge >= 0.3 is 0 Å². The normalized spacial score (nSPS) is 26.6. The van der Waals surface area contributed by atoms with Crippen LogP contribution in [0.15, 0.2) is 0 Å². The third kappa shape index (κ3) is 4.84. The average molecular weight is 226 g/mol. The van der Waals surface area contributed by atoms with Gasteiger partial charge in [0.1, 0.15) is 0 Å². The van der Waals surface area contributed by atoms with Gasteiger partial charge in [0, 0.05) is 19.1 Å². The molecule has 0 aliphatic heterocycles. The first kappa shape index (κ1) is 14.0. The molecule has 0 saturated heterocycles. The molecular formula is C14H30N2. The van der Waals surface area contributed by atoms with Crippen molar-refractivity contribution in [1.82, 2.24) is 10.2 Å². The van der Waals surface area contributed by atoms with Crippen molar-refractivity contribution in [3.05, 3.63) is 0 Å². The Morgan fingerprint density at radius 3 is 2.50 bits per heavy atom. The number of nitrogens with zero attached hydrogens (tertiary/aromatic N) is 1. The van der Waals surface area contributed by atoms with E-state index in [2.05, 4.69) is 45.0 Å². The van der Waals surface area contributed by atoms with E-state index in [1.807, 2.05) is 0 Å². The van der Waals surface area contributed by atoms with Crippen LogP contribution in [-0.4, -0.2) is 37.6 Å². The number of rotatable bonds is 5. The predicted octanol–water partition coefficient (Wildman–Crippen LogP) is 2.74. The van der Waals surface area contributed by atoms with Crippen molar-refractivity contribution in [2.45, 2.75) is 53.0 Å². The highest BCUT2D eigenvalue weighted by atomic mass is 15.1. The minimum Gasteiger partial charge on any atom is -0.314 e. The standard InChI is InChI=1S/C14H30N2/c1-6-15-13-9-7-8-12(13)10-16(5)11-14(2,3)4/h12-13,15H,6-11H2,1-5H3. The van der Waals surface area contributed by atoms with Crippen molar-refractivity contribution >= 4 is 0 Å². The summed E-state index contributed by atoms with van der Waals surface area (Å²) in [4.78, 5) is 2.51. The summed E-state index contributed by atoms with van der Waals surface area (Å²) in [5, 5.41) is 3.64. The Hall–Kier alpha value is -0.0800. The molecular weight excluding hydrogens is 196 g/mol. The van der Waals surface area contributed by atoms with E-state index in [9.17, 15) is 0 Å². The highest BCUT2D eigenvalue weighted by molar-refractivity contribution is 4.85. The smallest absolute Gasteiger partial charge is 0.0107 e. The molecule has 0 aromatic rings. The van der Waals surface area contributed by atoms with Crippen LogP contribution in [0.1, 0.15) is 47.0 Å². The number of hydrogen-bond acceptors (Lipinski definition) is 2. The highest BCUT2D eigenvalue weighted by Crippen LogP contribution is 2.27. The molecule has 0 spiro atoms. The SMILES string of the molecule is CCNC1CCCC1CN(C)CC(C)(C)C. The second-order valence-corrected chi connectivity index (χ2v) is 6.61. The molecule has 96 valence electrons. The molecule has 2 atom stereocenters. The van der Waals surface area contributed by atoms with E-state index in [4.69, 9.17) is 0 Å². The van der Waals surface area contributed by atoms with Crippen LogP contribution < -0.4 is 5.32 Å². The summed E-state index contributed by atoms with van der Waals surface area (Å²) in [6, 6.07) is 0.771. The van der Waals surface area contributed by atoms with Gasteiger partial charge in [-0.25, -0.2) is 0 Å². The summed E-state index contributed by atoms with van der Waals surface area (Å²) in [6.45, 7) is 12.7. The molecule has 1 aliphatic carbocycles. The fourth-order valence-corrected chi connectivity index (χ4v) is 3.06. The van der Waals surface area contributed by atoms with Gasteiger partial charge in [0.2, 0.25) is 0 Å². The fraction of sp³-hybridized carbons (Fsp3) is 1.00.